The summed E-state index contributed by atoms with van der Waals surface area (Å²) in [6.45, 7) is 0.382. The van der Waals surface area contributed by atoms with Gasteiger partial charge in [-0.1, -0.05) is 42.5 Å². The molecule has 3 aliphatic rings. The predicted octanol–water partition coefficient (Wildman–Crippen LogP) is 4.68. The number of aromatic nitrogens is 1. The van der Waals surface area contributed by atoms with Crippen LogP contribution in [0.3, 0.4) is 0 Å². The molecule has 1 aliphatic carbocycles. The third kappa shape index (κ3) is 3.87. The van der Waals surface area contributed by atoms with E-state index in [1.807, 2.05) is 24.3 Å². The Kier molecular flexibility index (Phi) is 5.53. The molecular formula is C29H30FN5O2. The number of fused-ring (bicyclic) bond motifs is 1. The van der Waals surface area contributed by atoms with Crippen LogP contribution in [-0.4, -0.2) is 48.0 Å². The predicted molar refractivity (Wildman–Crippen MR) is 141 cm³/mol. The molecule has 37 heavy (non-hydrogen) atoms. The second kappa shape index (κ2) is 8.66. The maximum Gasteiger partial charge on any atom is 0.323 e. The minimum atomic E-state index is -0.553. The molecular weight excluding hydrogens is 469 g/mol. The minimum absolute atomic E-state index is 0.0346. The smallest absolute Gasteiger partial charge is 0.323 e. The van der Waals surface area contributed by atoms with Crippen molar-refractivity contribution in [2.24, 2.45) is 0 Å². The summed E-state index contributed by atoms with van der Waals surface area (Å²) >= 11 is 0. The van der Waals surface area contributed by atoms with Crippen LogP contribution in [0.2, 0.25) is 0 Å². The maximum atomic E-state index is 15.4. The molecule has 1 spiro atoms. The lowest BCUT2D eigenvalue weighted by Gasteiger charge is -2.48. The van der Waals surface area contributed by atoms with Gasteiger partial charge in [-0.15, -0.1) is 0 Å². The molecule has 190 valence electrons. The Labute approximate surface area is 215 Å². The number of benzene rings is 2. The number of amides is 3. The average molecular weight is 500 g/mol. The summed E-state index contributed by atoms with van der Waals surface area (Å²) in [5.41, 5.74) is 3.71. The van der Waals surface area contributed by atoms with Crippen LogP contribution in [0.25, 0.3) is 11.1 Å². The molecule has 7 nitrogen and oxygen atoms in total. The molecule has 0 unspecified atom stereocenters. The van der Waals surface area contributed by atoms with Gasteiger partial charge in [0.1, 0.15) is 0 Å². The summed E-state index contributed by atoms with van der Waals surface area (Å²) < 4.78 is 15.4. The zero-order valence-corrected chi connectivity index (χ0v) is 21.1. The highest BCUT2D eigenvalue weighted by Gasteiger charge is 2.50. The second-order valence-corrected chi connectivity index (χ2v) is 10.7. The van der Waals surface area contributed by atoms with E-state index >= 15 is 4.39 Å². The number of urea groups is 1. The summed E-state index contributed by atoms with van der Waals surface area (Å²) in [6, 6.07) is 17.1. The monoisotopic (exact) mass is 499 g/mol. The molecule has 6 rings (SSSR count). The normalized spacial score (nSPS) is 24.9. The number of rotatable bonds is 4. The van der Waals surface area contributed by atoms with E-state index in [2.05, 4.69) is 58.9 Å². The van der Waals surface area contributed by atoms with E-state index in [0.29, 0.717) is 12.1 Å². The van der Waals surface area contributed by atoms with E-state index < -0.39 is 11.4 Å². The van der Waals surface area contributed by atoms with Gasteiger partial charge in [0, 0.05) is 23.0 Å². The van der Waals surface area contributed by atoms with E-state index in [9.17, 15) is 9.59 Å². The van der Waals surface area contributed by atoms with Gasteiger partial charge >= 0.3 is 6.03 Å². The van der Waals surface area contributed by atoms with E-state index in [0.717, 1.165) is 42.5 Å². The Hall–Kier alpha value is -3.78. The largest absolute Gasteiger partial charge is 0.330 e. The molecule has 2 aliphatic heterocycles. The highest BCUT2D eigenvalue weighted by molar-refractivity contribution is 6.02. The topological polar surface area (TPSA) is 77.6 Å². The number of nitrogens with one attached hydrogen (secondary N) is 2. The first-order chi connectivity index (χ1) is 17.8. The molecule has 1 saturated carbocycles. The minimum Gasteiger partial charge on any atom is -0.330 e. The Morgan fingerprint density at radius 3 is 2.46 bits per heavy atom. The van der Waals surface area contributed by atoms with Crippen molar-refractivity contribution in [2.45, 2.75) is 43.2 Å². The summed E-state index contributed by atoms with van der Waals surface area (Å²) in [5.74, 6) is -0.598. The van der Waals surface area contributed by atoms with Crippen LogP contribution in [0.15, 0.2) is 60.8 Å². The summed E-state index contributed by atoms with van der Waals surface area (Å²) in [5, 5.41) is 6.00. The van der Waals surface area contributed by atoms with Crippen LogP contribution in [0, 0.1) is 5.82 Å². The third-order valence-corrected chi connectivity index (χ3v) is 8.46. The van der Waals surface area contributed by atoms with E-state index in [1.54, 1.807) is 6.20 Å². The molecule has 0 bridgehead atoms. The van der Waals surface area contributed by atoms with Crippen LogP contribution in [-0.2, 0) is 16.8 Å². The first kappa shape index (κ1) is 23.6. The molecule has 3 heterocycles. The zero-order valence-electron chi connectivity index (χ0n) is 21.1. The number of nitrogens with zero attached hydrogens (tertiary/aromatic N) is 3. The molecule has 1 saturated heterocycles. The van der Waals surface area contributed by atoms with Crippen LogP contribution in [0.5, 0.6) is 0 Å². The van der Waals surface area contributed by atoms with Gasteiger partial charge in [0.15, 0.2) is 11.6 Å². The fourth-order valence-corrected chi connectivity index (χ4v) is 6.34. The highest BCUT2D eigenvalue weighted by Crippen LogP contribution is 2.46. The quantitative estimate of drug-likeness (QED) is 0.547. The van der Waals surface area contributed by atoms with Crippen LogP contribution in [0.4, 0.5) is 20.7 Å². The van der Waals surface area contributed by atoms with Gasteiger partial charge in [0.2, 0.25) is 5.91 Å². The van der Waals surface area contributed by atoms with Crippen molar-refractivity contribution in [3.63, 3.8) is 0 Å². The maximum absolute atomic E-state index is 15.4. The first-order valence-electron chi connectivity index (χ1n) is 12.7. The van der Waals surface area contributed by atoms with Crippen molar-refractivity contribution in [2.75, 3.05) is 30.9 Å². The van der Waals surface area contributed by atoms with Gasteiger partial charge in [-0.3, -0.25) is 14.6 Å². The van der Waals surface area contributed by atoms with Crippen molar-refractivity contribution < 1.29 is 14.0 Å². The summed E-state index contributed by atoms with van der Waals surface area (Å²) in [4.78, 5) is 33.0. The Bertz CT molecular complexity index is 1380. The van der Waals surface area contributed by atoms with Crippen LogP contribution >= 0.6 is 0 Å². The fraction of sp³-hybridized carbons (Fsp3) is 0.345. The van der Waals surface area contributed by atoms with Gasteiger partial charge in [-0.05, 0) is 68.6 Å². The van der Waals surface area contributed by atoms with Gasteiger partial charge < -0.3 is 10.6 Å². The first-order valence-corrected chi connectivity index (χ1v) is 12.7. The molecule has 3 amide bonds. The van der Waals surface area contributed by atoms with Crippen LogP contribution in [0.1, 0.15) is 36.8 Å². The third-order valence-electron chi connectivity index (χ3n) is 8.46. The number of hydrogen-bond donors (Lipinski definition) is 2. The number of hydrogen-bond acceptors (Lipinski definition) is 4. The Morgan fingerprint density at radius 2 is 1.76 bits per heavy atom. The number of pyridine rings is 1. The van der Waals surface area contributed by atoms with Crippen molar-refractivity contribution in [1.82, 2.24) is 15.2 Å². The molecule has 8 heteroatoms. The van der Waals surface area contributed by atoms with E-state index in [4.69, 9.17) is 0 Å². The van der Waals surface area contributed by atoms with Gasteiger partial charge in [0.25, 0.3) is 0 Å². The highest BCUT2D eigenvalue weighted by atomic mass is 19.1. The van der Waals surface area contributed by atoms with Crippen molar-refractivity contribution in [3.05, 3.63) is 77.7 Å². The average Bonchev–Trinajstić information content (AvgIpc) is 3.43. The Morgan fingerprint density at radius 1 is 1.00 bits per heavy atom. The van der Waals surface area contributed by atoms with E-state index in [-0.39, 0.29) is 29.7 Å². The van der Waals surface area contributed by atoms with E-state index in [1.165, 1.54) is 16.5 Å². The number of carbonyl (C=O) groups excluding carboxylic acids is 2. The van der Waals surface area contributed by atoms with Gasteiger partial charge in [-0.25, -0.2) is 14.2 Å². The van der Waals surface area contributed by atoms with Crippen molar-refractivity contribution in [1.29, 1.82) is 0 Å². The molecule has 2 fully saturated rings. The van der Waals surface area contributed by atoms with Crippen molar-refractivity contribution in [3.8, 4) is 11.1 Å². The van der Waals surface area contributed by atoms with Crippen LogP contribution < -0.4 is 15.5 Å². The van der Waals surface area contributed by atoms with Gasteiger partial charge in [-0.2, -0.15) is 0 Å². The molecule has 0 radical (unpaired) electrons. The molecule has 2 N–H and O–H groups in total. The number of halogens is 1. The fourth-order valence-electron chi connectivity index (χ4n) is 6.34. The lowest BCUT2D eigenvalue weighted by molar-refractivity contribution is -0.115. The lowest BCUT2D eigenvalue weighted by atomic mass is 9.69. The van der Waals surface area contributed by atoms with Gasteiger partial charge in [0.05, 0.1) is 18.5 Å². The number of carbonyl (C=O) groups is 2. The Balaban J connectivity index is 1.23. The number of anilines is 2. The molecule has 2 aromatic carbocycles. The molecule has 1 aromatic heterocycles. The lowest BCUT2D eigenvalue weighted by Crippen LogP contribution is -2.54. The molecule has 0 atom stereocenters. The standard InChI is InChI=1S/C29H30FN5O2/c1-34(2)29(20-7-4-3-5-8-20)13-11-28(12-14-29)18-35(27(37)33-28)26-23(30)15-19(17-31-26)21-9-6-10-24-22(21)16-25(36)32-24/h3-10,15,17H,11-14,16,18H2,1-2H3,(H,32,36)(H,33,37)/t28-,29+. The summed E-state index contributed by atoms with van der Waals surface area (Å²) in [7, 11) is 4.22. The molecule has 3 aromatic rings. The zero-order chi connectivity index (χ0) is 25.8. The second-order valence-electron chi connectivity index (χ2n) is 10.7. The van der Waals surface area contributed by atoms with Crippen molar-refractivity contribution >= 4 is 23.4 Å². The SMILES string of the molecule is CN(C)[C@]1(c2ccccc2)CC[C@]2(CC1)CN(c1ncc(-c3cccc4c3CC(=O)N4)cc1F)C(=O)N2. The summed E-state index contributed by atoms with van der Waals surface area (Å²) in [6.07, 6.45) is 5.20.